The minimum atomic E-state index is -0.509. The van der Waals surface area contributed by atoms with Gasteiger partial charge in [0, 0.05) is 24.7 Å². The zero-order chi connectivity index (χ0) is 20.0. The molecule has 4 rings (SSSR count). The van der Waals surface area contributed by atoms with Crippen molar-refractivity contribution in [2.75, 3.05) is 5.75 Å². The average molecular weight is 403 g/mol. The molecule has 3 aromatic rings. The highest BCUT2D eigenvalue weighted by Gasteiger charge is 2.24. The van der Waals surface area contributed by atoms with Crippen molar-refractivity contribution in [3.05, 3.63) is 56.7 Å². The number of imidazole rings is 1. The zero-order valence-corrected chi connectivity index (χ0v) is 16.1. The molecule has 8 nitrogen and oxygen atoms in total. The lowest BCUT2D eigenvalue weighted by atomic mass is 10.0. The van der Waals surface area contributed by atoms with E-state index in [4.69, 9.17) is 0 Å². The Morgan fingerprint density at radius 2 is 2.11 bits per heavy atom. The Bertz CT molecular complexity index is 1210. The van der Waals surface area contributed by atoms with Gasteiger partial charge in [-0.15, -0.1) is 11.8 Å². The highest BCUT2D eigenvalue weighted by molar-refractivity contribution is 7.99. The number of thioether (sulfide) groups is 1. The molecule has 10 heteroatoms. The topological polar surface area (TPSA) is 90.9 Å². The predicted octanol–water partition coefficient (Wildman–Crippen LogP) is 0.926. The Balaban J connectivity index is 1.62. The molecule has 1 aliphatic rings. The van der Waals surface area contributed by atoms with Gasteiger partial charge >= 0.3 is 5.69 Å². The van der Waals surface area contributed by atoms with E-state index in [0.717, 1.165) is 20.8 Å². The molecule has 0 unspecified atom stereocenters. The minimum absolute atomic E-state index is 0.127. The van der Waals surface area contributed by atoms with Gasteiger partial charge in [-0.25, -0.2) is 14.2 Å². The van der Waals surface area contributed by atoms with E-state index in [-0.39, 0.29) is 35.5 Å². The largest absolute Gasteiger partial charge is 0.348 e. The number of halogens is 1. The summed E-state index contributed by atoms with van der Waals surface area (Å²) < 4.78 is 17.3. The Hall–Kier alpha value is -2.88. The van der Waals surface area contributed by atoms with Gasteiger partial charge in [0.2, 0.25) is 5.91 Å². The SMILES string of the molecule is Cn1c(=O)c2c(ncn2CC(=O)N[C@H]2CCSc3ccc(F)cc32)n(C)c1=O. The quantitative estimate of drug-likeness (QED) is 0.703. The third-order valence-electron chi connectivity index (χ3n) is 4.88. The van der Waals surface area contributed by atoms with Crippen molar-refractivity contribution >= 4 is 28.8 Å². The first kappa shape index (κ1) is 18.5. The monoisotopic (exact) mass is 403 g/mol. The molecule has 0 bridgehead atoms. The molecule has 1 aromatic carbocycles. The fourth-order valence-corrected chi connectivity index (χ4v) is 4.53. The first-order chi connectivity index (χ1) is 13.4. The smallest absolute Gasteiger partial charge is 0.332 e. The maximum absolute atomic E-state index is 13.6. The van der Waals surface area contributed by atoms with Crippen LogP contribution in [0.4, 0.5) is 4.39 Å². The van der Waals surface area contributed by atoms with Crippen molar-refractivity contribution < 1.29 is 9.18 Å². The third-order valence-corrected chi connectivity index (χ3v) is 6.00. The molecule has 1 amide bonds. The van der Waals surface area contributed by atoms with Crippen LogP contribution < -0.4 is 16.6 Å². The molecule has 0 aliphatic carbocycles. The Morgan fingerprint density at radius 1 is 1.32 bits per heavy atom. The molecule has 0 radical (unpaired) electrons. The van der Waals surface area contributed by atoms with E-state index in [2.05, 4.69) is 10.3 Å². The number of amides is 1. The van der Waals surface area contributed by atoms with Crippen molar-refractivity contribution in [1.29, 1.82) is 0 Å². The molecule has 28 heavy (non-hydrogen) atoms. The molecule has 0 fully saturated rings. The summed E-state index contributed by atoms with van der Waals surface area (Å²) in [5.41, 5.74) is 0.182. The van der Waals surface area contributed by atoms with Crippen LogP contribution in [0, 0.1) is 5.82 Å². The number of hydrogen-bond acceptors (Lipinski definition) is 5. The molecule has 0 spiro atoms. The normalized spacial score (nSPS) is 16.2. The maximum Gasteiger partial charge on any atom is 0.332 e. The van der Waals surface area contributed by atoms with E-state index in [1.165, 1.54) is 41.7 Å². The number of nitrogens with zero attached hydrogens (tertiary/aromatic N) is 4. The molecule has 2 aromatic heterocycles. The summed E-state index contributed by atoms with van der Waals surface area (Å²) in [5.74, 6) is 0.160. The molecule has 146 valence electrons. The Morgan fingerprint density at radius 3 is 2.89 bits per heavy atom. The van der Waals surface area contributed by atoms with Crippen molar-refractivity contribution in [2.45, 2.75) is 23.9 Å². The molecule has 1 aliphatic heterocycles. The number of fused-ring (bicyclic) bond motifs is 2. The predicted molar refractivity (Wildman–Crippen MR) is 103 cm³/mol. The minimum Gasteiger partial charge on any atom is -0.348 e. The lowest BCUT2D eigenvalue weighted by molar-refractivity contribution is -0.122. The molecule has 0 saturated heterocycles. The number of hydrogen-bond donors (Lipinski definition) is 1. The van der Waals surface area contributed by atoms with Crippen LogP contribution in [0.3, 0.4) is 0 Å². The van der Waals surface area contributed by atoms with Crippen LogP contribution in [-0.4, -0.2) is 30.3 Å². The number of benzene rings is 1. The summed E-state index contributed by atoms with van der Waals surface area (Å²) in [6.07, 6.45) is 2.06. The molecule has 1 N–H and O–H groups in total. The maximum atomic E-state index is 13.6. The van der Waals surface area contributed by atoms with Crippen LogP contribution in [0.25, 0.3) is 11.2 Å². The lowest BCUT2D eigenvalue weighted by Gasteiger charge is -2.26. The van der Waals surface area contributed by atoms with Crippen LogP contribution in [0.2, 0.25) is 0 Å². The Kier molecular flexibility index (Phi) is 4.58. The molecule has 0 saturated carbocycles. The van der Waals surface area contributed by atoms with E-state index in [1.807, 2.05) is 0 Å². The van der Waals surface area contributed by atoms with Crippen LogP contribution in [-0.2, 0) is 25.4 Å². The van der Waals surface area contributed by atoms with Gasteiger partial charge < -0.3 is 9.88 Å². The molecular formula is C18H18FN5O3S. The summed E-state index contributed by atoms with van der Waals surface area (Å²) in [6.45, 7) is -0.127. The second kappa shape index (κ2) is 6.93. The number of carbonyl (C=O) groups is 1. The van der Waals surface area contributed by atoms with Gasteiger partial charge in [-0.05, 0) is 30.2 Å². The van der Waals surface area contributed by atoms with Crippen molar-refractivity contribution in [1.82, 2.24) is 24.0 Å². The summed E-state index contributed by atoms with van der Waals surface area (Å²) in [4.78, 5) is 42.2. The average Bonchev–Trinajstić information content (AvgIpc) is 3.08. The van der Waals surface area contributed by atoms with Gasteiger partial charge in [0.1, 0.15) is 12.4 Å². The van der Waals surface area contributed by atoms with Crippen LogP contribution >= 0.6 is 11.8 Å². The first-order valence-corrected chi connectivity index (χ1v) is 9.68. The number of rotatable bonds is 3. The highest BCUT2D eigenvalue weighted by atomic mass is 32.2. The van der Waals surface area contributed by atoms with Crippen molar-refractivity contribution in [2.24, 2.45) is 14.1 Å². The zero-order valence-electron chi connectivity index (χ0n) is 15.3. The van der Waals surface area contributed by atoms with Gasteiger partial charge in [0.15, 0.2) is 11.2 Å². The number of carbonyl (C=O) groups excluding carboxylic acids is 1. The van der Waals surface area contributed by atoms with Crippen molar-refractivity contribution in [3.63, 3.8) is 0 Å². The van der Waals surface area contributed by atoms with Gasteiger partial charge in [0.25, 0.3) is 5.56 Å². The summed E-state index contributed by atoms with van der Waals surface area (Å²) in [5, 5.41) is 2.92. The van der Waals surface area contributed by atoms with E-state index in [9.17, 15) is 18.8 Å². The van der Waals surface area contributed by atoms with Gasteiger partial charge in [-0.2, -0.15) is 0 Å². The summed E-state index contributed by atoms with van der Waals surface area (Å²) >= 11 is 1.63. The highest BCUT2D eigenvalue weighted by Crippen LogP contribution is 2.36. The number of aryl methyl sites for hydroxylation is 1. The molecular weight excluding hydrogens is 385 g/mol. The fraction of sp³-hybridized carbons (Fsp3) is 0.333. The lowest BCUT2D eigenvalue weighted by Crippen LogP contribution is -2.38. The van der Waals surface area contributed by atoms with E-state index in [0.29, 0.717) is 6.42 Å². The van der Waals surface area contributed by atoms with Crippen molar-refractivity contribution in [3.8, 4) is 0 Å². The third kappa shape index (κ3) is 3.03. The van der Waals surface area contributed by atoms with Crippen LogP contribution in [0.5, 0.6) is 0 Å². The van der Waals surface area contributed by atoms with Gasteiger partial charge in [-0.3, -0.25) is 18.7 Å². The van der Waals surface area contributed by atoms with E-state index < -0.39 is 11.2 Å². The van der Waals surface area contributed by atoms with E-state index in [1.54, 1.807) is 17.8 Å². The standard InChI is InChI=1S/C18H18FN5O3S/c1-22-16-15(17(26)23(2)18(22)27)24(9-20-16)8-14(25)21-12-5-6-28-13-4-3-10(19)7-11(12)13/h3-4,7,9,12H,5-6,8H2,1-2H3,(H,21,25)/t12-/m0/s1. The summed E-state index contributed by atoms with van der Waals surface area (Å²) in [7, 11) is 2.90. The second-order valence-corrected chi connectivity index (χ2v) is 7.83. The summed E-state index contributed by atoms with van der Waals surface area (Å²) in [6, 6.07) is 4.29. The molecule has 1 atom stereocenters. The fourth-order valence-electron chi connectivity index (χ4n) is 3.43. The number of aromatic nitrogens is 4. The second-order valence-electron chi connectivity index (χ2n) is 6.69. The van der Waals surface area contributed by atoms with Crippen LogP contribution in [0.1, 0.15) is 18.0 Å². The van der Waals surface area contributed by atoms with Crippen LogP contribution in [0.15, 0.2) is 39.0 Å². The first-order valence-electron chi connectivity index (χ1n) is 8.69. The Labute approximate surface area is 163 Å². The van der Waals surface area contributed by atoms with Gasteiger partial charge in [-0.1, -0.05) is 0 Å². The van der Waals surface area contributed by atoms with E-state index >= 15 is 0 Å². The molecule has 3 heterocycles. The van der Waals surface area contributed by atoms with Gasteiger partial charge in [0.05, 0.1) is 12.4 Å². The number of nitrogens with one attached hydrogen (secondary N) is 1.